The molecular weight excluding hydrogens is 324 g/mol. The van der Waals surface area contributed by atoms with Crippen molar-refractivity contribution in [1.29, 1.82) is 0 Å². The summed E-state index contributed by atoms with van der Waals surface area (Å²) in [5, 5.41) is 8.90. The van der Waals surface area contributed by atoms with Crippen LogP contribution in [0.15, 0.2) is 34.5 Å². The maximum Gasteiger partial charge on any atom is 0.271 e. The molecule has 0 radical (unpaired) electrons. The predicted octanol–water partition coefficient (Wildman–Crippen LogP) is 5.25. The van der Waals surface area contributed by atoms with Gasteiger partial charge in [0, 0.05) is 17.0 Å². The number of nitrogens with one attached hydrogen (secondary N) is 2. The lowest BCUT2D eigenvalue weighted by molar-refractivity contribution is 0.0954. The molecule has 1 aromatic rings. The van der Waals surface area contributed by atoms with E-state index in [0.717, 1.165) is 37.1 Å². The average molecular weight is 354 g/mol. The van der Waals surface area contributed by atoms with E-state index in [1.807, 2.05) is 24.3 Å². The molecule has 0 heterocycles. The molecule has 0 atom stereocenters. The van der Waals surface area contributed by atoms with E-state index >= 15 is 0 Å². The van der Waals surface area contributed by atoms with E-state index < -0.39 is 0 Å². The Balaban J connectivity index is 1.58. The van der Waals surface area contributed by atoms with Crippen LogP contribution in [0.1, 0.15) is 87.4 Å². The molecule has 1 aromatic carbocycles. The Bertz CT molecular complexity index is 646. The van der Waals surface area contributed by atoms with Crippen molar-refractivity contribution in [2.75, 3.05) is 5.43 Å². The molecule has 1 amide bonds. The van der Waals surface area contributed by atoms with E-state index in [1.54, 1.807) is 0 Å². The van der Waals surface area contributed by atoms with Crippen LogP contribution >= 0.6 is 0 Å². The van der Waals surface area contributed by atoms with Crippen molar-refractivity contribution in [2.24, 2.45) is 10.2 Å². The van der Waals surface area contributed by atoms with Gasteiger partial charge in [-0.3, -0.25) is 10.2 Å². The fourth-order valence-electron chi connectivity index (χ4n) is 3.56. The second-order valence-corrected chi connectivity index (χ2v) is 7.32. The number of carbonyl (C=O) groups excluding carboxylic acids is 1. The molecule has 0 bridgehead atoms. The van der Waals surface area contributed by atoms with Gasteiger partial charge in [-0.2, -0.15) is 10.2 Å². The Kier molecular flexibility index (Phi) is 7.23. The van der Waals surface area contributed by atoms with E-state index in [0.29, 0.717) is 5.56 Å². The summed E-state index contributed by atoms with van der Waals surface area (Å²) < 4.78 is 0. The summed E-state index contributed by atoms with van der Waals surface area (Å²) in [5.74, 6) is -0.160. The lowest BCUT2D eigenvalue weighted by Crippen LogP contribution is -2.19. The van der Waals surface area contributed by atoms with Gasteiger partial charge >= 0.3 is 0 Å². The van der Waals surface area contributed by atoms with Crippen LogP contribution in [0.4, 0.5) is 5.69 Å². The molecule has 2 saturated carbocycles. The normalized spacial score (nSPS) is 18.5. The van der Waals surface area contributed by atoms with E-state index in [9.17, 15) is 4.79 Å². The zero-order chi connectivity index (χ0) is 18.0. The first-order valence-corrected chi connectivity index (χ1v) is 10.1. The molecule has 0 saturated heterocycles. The molecule has 3 rings (SSSR count). The van der Waals surface area contributed by atoms with Gasteiger partial charge in [-0.1, -0.05) is 31.7 Å². The Labute approximate surface area is 156 Å². The largest absolute Gasteiger partial charge is 0.279 e. The third kappa shape index (κ3) is 5.97. The molecule has 0 aromatic heterocycles. The number of hydrogen-bond donors (Lipinski definition) is 2. The van der Waals surface area contributed by atoms with Crippen LogP contribution in [-0.2, 0) is 0 Å². The summed E-state index contributed by atoms with van der Waals surface area (Å²) in [5.41, 5.74) is 9.64. The summed E-state index contributed by atoms with van der Waals surface area (Å²) in [6.07, 6.45) is 14.1. The number of nitrogens with zero attached hydrogens (tertiary/aromatic N) is 2. The van der Waals surface area contributed by atoms with Crippen molar-refractivity contribution in [2.45, 2.75) is 77.0 Å². The van der Waals surface area contributed by atoms with E-state index in [1.165, 1.54) is 57.1 Å². The molecule has 0 aliphatic heterocycles. The summed E-state index contributed by atoms with van der Waals surface area (Å²) in [6.45, 7) is 0. The standard InChI is InChI=1S/C21H30N4O/c26-21(25-23-19-13-7-3-4-8-14-19)17-10-9-15-20(16-17)24-22-18-11-5-1-2-6-12-18/h9-10,15-16,24H,1-8,11-14H2,(H,25,26). The van der Waals surface area contributed by atoms with Crippen molar-refractivity contribution in [3.8, 4) is 0 Å². The summed E-state index contributed by atoms with van der Waals surface area (Å²) in [7, 11) is 0. The van der Waals surface area contributed by atoms with Gasteiger partial charge in [0.05, 0.1) is 5.69 Å². The highest BCUT2D eigenvalue weighted by Gasteiger charge is 2.09. The van der Waals surface area contributed by atoms with Gasteiger partial charge in [0.25, 0.3) is 5.91 Å². The summed E-state index contributed by atoms with van der Waals surface area (Å²) in [4.78, 5) is 12.4. The molecule has 2 N–H and O–H groups in total. The number of hydrazone groups is 2. The average Bonchev–Trinajstić information content (AvgIpc) is 3.09. The monoisotopic (exact) mass is 354 g/mol. The molecule has 2 aliphatic carbocycles. The second-order valence-electron chi connectivity index (χ2n) is 7.32. The highest BCUT2D eigenvalue weighted by Crippen LogP contribution is 2.17. The molecule has 2 aliphatic rings. The molecular formula is C21H30N4O. The minimum absolute atomic E-state index is 0.160. The SMILES string of the molecule is O=C(NN=C1CCCCCC1)c1cccc(NN=C2CCCCCC2)c1. The number of benzene rings is 1. The number of amides is 1. The molecule has 140 valence electrons. The van der Waals surface area contributed by atoms with Crippen LogP contribution in [0, 0.1) is 0 Å². The van der Waals surface area contributed by atoms with Crippen molar-refractivity contribution >= 4 is 23.0 Å². The quantitative estimate of drug-likeness (QED) is 0.573. The Morgan fingerprint density at radius 1 is 0.769 bits per heavy atom. The summed E-state index contributed by atoms with van der Waals surface area (Å²) in [6, 6.07) is 7.47. The van der Waals surface area contributed by atoms with Crippen LogP contribution < -0.4 is 10.9 Å². The van der Waals surface area contributed by atoms with Crippen molar-refractivity contribution in [3.05, 3.63) is 29.8 Å². The fourth-order valence-corrected chi connectivity index (χ4v) is 3.56. The molecule has 5 nitrogen and oxygen atoms in total. The molecule has 0 spiro atoms. The van der Waals surface area contributed by atoms with E-state index in [-0.39, 0.29) is 5.91 Å². The maximum atomic E-state index is 12.4. The lowest BCUT2D eigenvalue weighted by Gasteiger charge is -2.07. The Morgan fingerprint density at radius 2 is 1.35 bits per heavy atom. The van der Waals surface area contributed by atoms with Crippen molar-refractivity contribution < 1.29 is 4.79 Å². The second kappa shape index (κ2) is 10.1. The number of rotatable bonds is 4. The van der Waals surface area contributed by atoms with Crippen LogP contribution in [-0.4, -0.2) is 17.3 Å². The highest BCUT2D eigenvalue weighted by molar-refractivity contribution is 5.96. The van der Waals surface area contributed by atoms with E-state index in [4.69, 9.17) is 0 Å². The number of anilines is 1. The number of hydrogen-bond acceptors (Lipinski definition) is 4. The lowest BCUT2D eigenvalue weighted by atomic mass is 10.2. The van der Waals surface area contributed by atoms with Gasteiger partial charge in [-0.25, -0.2) is 5.43 Å². The molecule has 0 unspecified atom stereocenters. The van der Waals surface area contributed by atoms with Gasteiger partial charge in [0.2, 0.25) is 0 Å². The first-order chi connectivity index (χ1) is 12.8. The van der Waals surface area contributed by atoms with Gasteiger partial charge < -0.3 is 0 Å². The van der Waals surface area contributed by atoms with Gasteiger partial charge in [-0.15, -0.1) is 0 Å². The minimum Gasteiger partial charge on any atom is -0.279 e. The third-order valence-corrected chi connectivity index (χ3v) is 5.14. The third-order valence-electron chi connectivity index (χ3n) is 5.14. The van der Waals surface area contributed by atoms with Gasteiger partial charge in [0.1, 0.15) is 0 Å². The van der Waals surface area contributed by atoms with Crippen LogP contribution in [0.5, 0.6) is 0 Å². The smallest absolute Gasteiger partial charge is 0.271 e. The predicted molar refractivity (Wildman–Crippen MR) is 108 cm³/mol. The maximum absolute atomic E-state index is 12.4. The number of carbonyl (C=O) groups is 1. The van der Waals surface area contributed by atoms with E-state index in [2.05, 4.69) is 21.1 Å². The van der Waals surface area contributed by atoms with Crippen LogP contribution in [0.3, 0.4) is 0 Å². The highest BCUT2D eigenvalue weighted by atomic mass is 16.2. The van der Waals surface area contributed by atoms with Crippen LogP contribution in [0.2, 0.25) is 0 Å². The Hall–Kier alpha value is -2.17. The molecule has 26 heavy (non-hydrogen) atoms. The van der Waals surface area contributed by atoms with Crippen molar-refractivity contribution in [3.63, 3.8) is 0 Å². The topological polar surface area (TPSA) is 65.8 Å². The zero-order valence-corrected chi connectivity index (χ0v) is 15.6. The van der Waals surface area contributed by atoms with Crippen molar-refractivity contribution in [1.82, 2.24) is 5.43 Å². The first kappa shape index (κ1) is 18.6. The minimum atomic E-state index is -0.160. The Morgan fingerprint density at radius 3 is 1.96 bits per heavy atom. The summed E-state index contributed by atoms with van der Waals surface area (Å²) >= 11 is 0. The molecule has 5 heteroatoms. The first-order valence-electron chi connectivity index (χ1n) is 10.1. The van der Waals surface area contributed by atoms with Gasteiger partial charge in [-0.05, 0) is 69.6 Å². The zero-order valence-electron chi connectivity index (χ0n) is 15.6. The van der Waals surface area contributed by atoms with Crippen LogP contribution in [0.25, 0.3) is 0 Å². The molecule has 2 fully saturated rings. The fraction of sp³-hybridized carbons (Fsp3) is 0.571. The van der Waals surface area contributed by atoms with Gasteiger partial charge in [0.15, 0.2) is 0 Å².